The van der Waals surface area contributed by atoms with Gasteiger partial charge in [0.2, 0.25) is 0 Å². The monoisotopic (exact) mass is 253 g/mol. The van der Waals surface area contributed by atoms with Crippen LogP contribution in [0, 0.1) is 0 Å². The summed E-state index contributed by atoms with van der Waals surface area (Å²) < 4.78 is 5.31. The highest BCUT2D eigenvalue weighted by atomic mass is 35.5. The third-order valence-electron chi connectivity index (χ3n) is 2.18. The number of aromatic nitrogens is 2. The predicted octanol–water partition coefficient (Wildman–Crippen LogP) is 2.18. The second kappa shape index (κ2) is 5.65. The lowest BCUT2D eigenvalue weighted by atomic mass is 10.2. The van der Waals surface area contributed by atoms with Crippen molar-refractivity contribution in [3.8, 4) is 11.3 Å². The fourth-order valence-electron chi connectivity index (χ4n) is 1.40. The molecule has 0 aromatic carbocycles. The highest BCUT2D eigenvalue weighted by Gasteiger charge is 2.10. The molecule has 6 heteroatoms. The highest BCUT2D eigenvalue weighted by Crippen LogP contribution is 2.27. The first-order chi connectivity index (χ1) is 8.31. The molecule has 2 aromatic heterocycles. The quantitative estimate of drug-likeness (QED) is 0.800. The van der Waals surface area contributed by atoms with Crippen molar-refractivity contribution >= 4 is 17.4 Å². The minimum atomic E-state index is 0.129. The molecule has 5 nitrogen and oxygen atoms in total. The molecule has 0 radical (unpaired) electrons. The number of halogens is 1. The molecule has 0 amide bonds. The lowest BCUT2D eigenvalue weighted by molar-refractivity contribution is 0.292. The molecule has 0 aliphatic rings. The van der Waals surface area contributed by atoms with Crippen molar-refractivity contribution in [2.24, 2.45) is 0 Å². The summed E-state index contributed by atoms with van der Waals surface area (Å²) in [5.74, 6) is 1.27. The lowest BCUT2D eigenvalue weighted by Gasteiger charge is -2.08. The van der Waals surface area contributed by atoms with E-state index in [9.17, 15) is 0 Å². The summed E-state index contributed by atoms with van der Waals surface area (Å²) in [6, 6.07) is 5.31. The number of anilines is 1. The maximum Gasteiger partial charge on any atom is 0.159 e. The van der Waals surface area contributed by atoms with Gasteiger partial charge in [0.05, 0.1) is 11.8 Å². The van der Waals surface area contributed by atoms with Gasteiger partial charge in [0.1, 0.15) is 5.76 Å². The molecule has 0 saturated carbocycles. The largest absolute Gasteiger partial charge is 0.464 e. The molecule has 0 saturated heterocycles. The van der Waals surface area contributed by atoms with Gasteiger partial charge in [0, 0.05) is 13.2 Å². The van der Waals surface area contributed by atoms with Gasteiger partial charge in [-0.05, 0) is 24.6 Å². The van der Waals surface area contributed by atoms with Crippen molar-refractivity contribution in [3.05, 3.63) is 29.6 Å². The Bertz CT molecular complexity index is 474. The number of nitrogens with zero attached hydrogens (tertiary/aromatic N) is 2. The Morgan fingerprint density at radius 1 is 1.41 bits per heavy atom. The van der Waals surface area contributed by atoms with Crippen LogP contribution in [0.2, 0.25) is 5.15 Å². The molecule has 90 valence electrons. The van der Waals surface area contributed by atoms with Gasteiger partial charge in [0.15, 0.2) is 11.0 Å². The van der Waals surface area contributed by atoms with E-state index in [-0.39, 0.29) is 6.61 Å². The normalized spacial score (nSPS) is 10.5. The Hall–Kier alpha value is -1.59. The fourth-order valence-corrected chi connectivity index (χ4v) is 1.55. The number of hydrogen-bond acceptors (Lipinski definition) is 5. The van der Waals surface area contributed by atoms with Gasteiger partial charge < -0.3 is 14.8 Å². The van der Waals surface area contributed by atoms with E-state index in [4.69, 9.17) is 21.1 Å². The zero-order chi connectivity index (χ0) is 12.1. The van der Waals surface area contributed by atoms with Gasteiger partial charge in [-0.25, -0.2) is 0 Å². The minimum absolute atomic E-state index is 0.129. The van der Waals surface area contributed by atoms with E-state index >= 15 is 0 Å². The molecule has 2 aromatic rings. The van der Waals surface area contributed by atoms with Crippen LogP contribution in [-0.2, 0) is 0 Å². The Morgan fingerprint density at radius 3 is 3.00 bits per heavy atom. The molecule has 0 fully saturated rings. The minimum Gasteiger partial charge on any atom is -0.464 e. The summed E-state index contributed by atoms with van der Waals surface area (Å²) in [6.07, 6.45) is 2.23. The molecular formula is C11H12ClN3O2. The van der Waals surface area contributed by atoms with Crippen LogP contribution in [0.1, 0.15) is 6.42 Å². The second-order valence-electron chi connectivity index (χ2n) is 3.41. The molecular weight excluding hydrogens is 242 g/mol. The van der Waals surface area contributed by atoms with Crippen LogP contribution in [0.25, 0.3) is 11.3 Å². The fraction of sp³-hybridized carbons (Fsp3) is 0.273. The maximum atomic E-state index is 8.73. The van der Waals surface area contributed by atoms with Crippen LogP contribution in [-0.4, -0.2) is 28.5 Å². The van der Waals surface area contributed by atoms with Crippen molar-refractivity contribution in [2.75, 3.05) is 18.5 Å². The van der Waals surface area contributed by atoms with E-state index in [1.165, 1.54) is 0 Å². The molecule has 0 spiro atoms. The average molecular weight is 254 g/mol. The number of aliphatic hydroxyl groups excluding tert-OH is 1. The molecule has 17 heavy (non-hydrogen) atoms. The molecule has 0 unspecified atom stereocenters. The number of furan rings is 1. The van der Waals surface area contributed by atoms with E-state index in [2.05, 4.69) is 15.5 Å². The summed E-state index contributed by atoms with van der Waals surface area (Å²) in [7, 11) is 0. The molecule has 2 rings (SSSR count). The van der Waals surface area contributed by atoms with Gasteiger partial charge >= 0.3 is 0 Å². The van der Waals surface area contributed by atoms with E-state index in [1.807, 2.05) is 6.07 Å². The average Bonchev–Trinajstić information content (AvgIpc) is 2.85. The van der Waals surface area contributed by atoms with Crippen molar-refractivity contribution in [2.45, 2.75) is 6.42 Å². The summed E-state index contributed by atoms with van der Waals surface area (Å²) >= 11 is 5.81. The van der Waals surface area contributed by atoms with Gasteiger partial charge in [0.25, 0.3) is 0 Å². The first-order valence-electron chi connectivity index (χ1n) is 5.23. The van der Waals surface area contributed by atoms with Crippen LogP contribution in [0.15, 0.2) is 28.9 Å². The van der Waals surface area contributed by atoms with E-state index in [0.29, 0.717) is 29.7 Å². The smallest absolute Gasteiger partial charge is 0.159 e. The Labute approximate surface area is 103 Å². The molecule has 0 bridgehead atoms. The maximum absolute atomic E-state index is 8.73. The molecule has 0 atom stereocenters. The molecule has 0 aliphatic carbocycles. The summed E-state index contributed by atoms with van der Waals surface area (Å²) in [6.45, 7) is 0.741. The third-order valence-corrected chi connectivity index (χ3v) is 2.36. The van der Waals surface area contributed by atoms with Crippen molar-refractivity contribution in [3.63, 3.8) is 0 Å². The van der Waals surface area contributed by atoms with Gasteiger partial charge in [-0.3, -0.25) is 0 Å². The summed E-state index contributed by atoms with van der Waals surface area (Å²) in [4.78, 5) is 0. The molecule has 0 aliphatic heterocycles. The predicted molar refractivity (Wildman–Crippen MR) is 64.9 cm³/mol. The van der Waals surface area contributed by atoms with Crippen LogP contribution < -0.4 is 5.32 Å². The van der Waals surface area contributed by atoms with Gasteiger partial charge in [-0.15, -0.1) is 10.2 Å². The van der Waals surface area contributed by atoms with Crippen LogP contribution >= 0.6 is 11.6 Å². The zero-order valence-corrected chi connectivity index (χ0v) is 9.81. The first-order valence-corrected chi connectivity index (χ1v) is 5.61. The molecule has 2 heterocycles. The Kier molecular flexibility index (Phi) is 3.95. The van der Waals surface area contributed by atoms with Gasteiger partial charge in [-0.2, -0.15) is 0 Å². The van der Waals surface area contributed by atoms with Gasteiger partial charge in [-0.1, -0.05) is 11.6 Å². The zero-order valence-electron chi connectivity index (χ0n) is 9.06. The van der Waals surface area contributed by atoms with Crippen LogP contribution in [0.5, 0.6) is 0 Å². The van der Waals surface area contributed by atoms with Crippen molar-refractivity contribution < 1.29 is 9.52 Å². The number of rotatable bonds is 5. The van der Waals surface area contributed by atoms with E-state index in [0.717, 1.165) is 5.56 Å². The number of hydrogen-bond donors (Lipinski definition) is 2. The summed E-state index contributed by atoms with van der Waals surface area (Å²) in [5.41, 5.74) is 0.757. The van der Waals surface area contributed by atoms with E-state index < -0.39 is 0 Å². The number of aliphatic hydroxyl groups is 1. The third kappa shape index (κ3) is 2.95. The topological polar surface area (TPSA) is 71.2 Å². The summed E-state index contributed by atoms with van der Waals surface area (Å²) in [5, 5.41) is 19.9. The van der Waals surface area contributed by atoms with Crippen molar-refractivity contribution in [1.82, 2.24) is 10.2 Å². The SMILES string of the molecule is OCCCNc1nnc(Cl)cc1-c1ccco1. The second-order valence-corrected chi connectivity index (χ2v) is 3.80. The van der Waals surface area contributed by atoms with E-state index in [1.54, 1.807) is 18.4 Å². The lowest BCUT2D eigenvalue weighted by Crippen LogP contribution is -2.07. The first kappa shape index (κ1) is 11.9. The Morgan fingerprint density at radius 2 is 2.29 bits per heavy atom. The number of nitrogens with one attached hydrogen (secondary N) is 1. The highest BCUT2D eigenvalue weighted by molar-refractivity contribution is 6.29. The van der Waals surface area contributed by atoms with Crippen molar-refractivity contribution in [1.29, 1.82) is 0 Å². The standard InChI is InChI=1S/C11H12ClN3O2/c12-10-7-8(9-3-1-6-17-9)11(15-14-10)13-4-2-5-16/h1,3,6-7,16H,2,4-5H2,(H,13,15). The van der Waals surface area contributed by atoms with Crippen LogP contribution in [0.3, 0.4) is 0 Å². The Balaban J connectivity index is 2.25. The van der Waals surface area contributed by atoms with Crippen LogP contribution in [0.4, 0.5) is 5.82 Å². The molecule has 2 N–H and O–H groups in total.